The molecule has 0 amide bonds. The van der Waals surface area contributed by atoms with Crippen molar-refractivity contribution < 1.29 is 9.22 Å². The Kier molecular flexibility index (Phi) is 2.67. The van der Waals surface area contributed by atoms with Gasteiger partial charge in [-0.3, -0.25) is 4.79 Å². The number of tetrazole rings is 1. The highest BCUT2D eigenvalue weighted by atomic mass is 19.2. The fourth-order valence-corrected chi connectivity index (χ4v) is 1.70. The molecule has 0 atom stereocenters. The second kappa shape index (κ2) is 4.48. The Morgan fingerprint density at radius 1 is 1.37 bits per heavy atom. The summed E-state index contributed by atoms with van der Waals surface area (Å²) in [6.07, 6.45) is 0.991. The molecule has 0 radical (unpaired) electrons. The summed E-state index contributed by atoms with van der Waals surface area (Å²) in [4.78, 5) is 12.4. The number of hydrogen-bond donors (Lipinski definition) is 1. The molecule has 0 aliphatic carbocycles. The number of benzene rings is 1. The third-order valence-electron chi connectivity index (χ3n) is 2.58. The van der Waals surface area contributed by atoms with Gasteiger partial charge in [0, 0.05) is 0 Å². The highest BCUT2D eigenvalue weighted by Crippen LogP contribution is 2.15. The van der Waals surface area contributed by atoms with E-state index >= 15 is 0 Å². The number of H-pyrrole nitrogens is 1. The van der Waals surface area contributed by atoms with E-state index in [1.165, 1.54) is 12.1 Å². The third-order valence-corrected chi connectivity index (χ3v) is 2.58. The second-order valence-corrected chi connectivity index (χ2v) is 3.77. The van der Waals surface area contributed by atoms with Gasteiger partial charge < -0.3 is 4.74 Å². The van der Waals surface area contributed by atoms with Crippen molar-refractivity contribution in [3.05, 3.63) is 46.5 Å². The van der Waals surface area contributed by atoms with Gasteiger partial charge in [-0.2, -0.15) is 10.0 Å². The van der Waals surface area contributed by atoms with Crippen LogP contribution in [0.3, 0.4) is 0 Å². The summed E-state index contributed by atoms with van der Waals surface area (Å²) < 4.78 is 19.0. The molecule has 3 aromatic rings. The first-order valence-electron chi connectivity index (χ1n) is 5.41. The van der Waals surface area contributed by atoms with Gasteiger partial charge in [0.05, 0.1) is 17.1 Å². The zero-order valence-electron chi connectivity index (χ0n) is 9.58. The summed E-state index contributed by atoms with van der Waals surface area (Å²) in [6, 6.07) is 6.36. The Bertz CT molecular complexity index is 768. The van der Waals surface area contributed by atoms with Crippen molar-refractivity contribution in [3.8, 4) is 5.75 Å². The summed E-state index contributed by atoms with van der Waals surface area (Å²) in [6.45, 7) is -0.0654. The lowest BCUT2D eigenvalue weighted by Gasteiger charge is -2.06. The van der Waals surface area contributed by atoms with Crippen molar-refractivity contribution in [1.82, 2.24) is 25.4 Å². The first-order valence-corrected chi connectivity index (χ1v) is 5.41. The van der Waals surface area contributed by atoms with Crippen molar-refractivity contribution in [2.45, 2.75) is 6.61 Å². The standard InChI is InChI=1S/C11H8FN5O2/c12-17-5-9(19-6-10-13-15-16-14-10)11(18)7-3-1-2-4-8(7)17/h1-5H,6H2,(H,13,14,15,16). The molecule has 0 fully saturated rings. The number of halogens is 1. The van der Waals surface area contributed by atoms with Crippen molar-refractivity contribution in [3.63, 3.8) is 0 Å². The fraction of sp³-hybridized carbons (Fsp3) is 0.0909. The smallest absolute Gasteiger partial charge is 0.231 e. The van der Waals surface area contributed by atoms with Crippen LogP contribution >= 0.6 is 0 Å². The number of nitrogens with zero attached hydrogens (tertiary/aromatic N) is 4. The highest BCUT2D eigenvalue weighted by Gasteiger charge is 2.10. The normalized spacial score (nSPS) is 10.8. The molecule has 0 spiro atoms. The van der Waals surface area contributed by atoms with Crippen molar-refractivity contribution in [2.24, 2.45) is 0 Å². The average molecular weight is 261 g/mol. The van der Waals surface area contributed by atoms with Crippen molar-refractivity contribution in [2.75, 3.05) is 0 Å². The van der Waals surface area contributed by atoms with E-state index < -0.39 is 0 Å². The number of nitrogens with one attached hydrogen (secondary N) is 1. The Morgan fingerprint density at radius 2 is 2.21 bits per heavy atom. The van der Waals surface area contributed by atoms with E-state index in [1.807, 2.05) is 0 Å². The Labute approximate surface area is 105 Å². The number of para-hydroxylation sites is 1. The van der Waals surface area contributed by atoms with Gasteiger partial charge in [-0.15, -0.1) is 10.2 Å². The molecule has 0 unspecified atom stereocenters. The molecule has 0 aliphatic heterocycles. The van der Waals surface area contributed by atoms with E-state index in [2.05, 4.69) is 20.6 Å². The number of aromatic nitrogens is 5. The van der Waals surface area contributed by atoms with E-state index in [9.17, 15) is 9.28 Å². The van der Waals surface area contributed by atoms with Crippen LogP contribution in [0.2, 0.25) is 0 Å². The molecule has 1 aromatic carbocycles. The van der Waals surface area contributed by atoms with Crippen molar-refractivity contribution >= 4 is 10.9 Å². The number of pyridine rings is 1. The molecular formula is C11H8FN5O2. The summed E-state index contributed by atoms with van der Waals surface area (Å²) in [7, 11) is 0. The molecule has 0 aliphatic rings. The number of hydrogen-bond acceptors (Lipinski definition) is 5. The van der Waals surface area contributed by atoms with E-state index in [1.54, 1.807) is 12.1 Å². The molecule has 96 valence electrons. The highest BCUT2D eigenvalue weighted by molar-refractivity contribution is 5.79. The number of fused-ring (bicyclic) bond motifs is 1. The monoisotopic (exact) mass is 261 g/mol. The van der Waals surface area contributed by atoms with E-state index in [0.717, 1.165) is 6.20 Å². The fourth-order valence-electron chi connectivity index (χ4n) is 1.70. The zero-order chi connectivity index (χ0) is 13.2. The minimum atomic E-state index is -0.381. The maximum absolute atomic E-state index is 13.7. The van der Waals surface area contributed by atoms with Gasteiger partial charge >= 0.3 is 0 Å². The van der Waals surface area contributed by atoms with E-state index in [-0.39, 0.29) is 34.5 Å². The number of rotatable bonds is 3. The molecule has 1 N–H and O–H groups in total. The molecule has 19 heavy (non-hydrogen) atoms. The maximum atomic E-state index is 13.7. The Balaban J connectivity index is 2.00. The first-order chi connectivity index (χ1) is 9.25. The zero-order valence-corrected chi connectivity index (χ0v) is 9.58. The lowest BCUT2D eigenvalue weighted by Crippen LogP contribution is -2.11. The quantitative estimate of drug-likeness (QED) is 0.754. The van der Waals surface area contributed by atoms with Crippen LogP contribution < -0.4 is 10.2 Å². The van der Waals surface area contributed by atoms with Crippen LogP contribution in [0, 0.1) is 0 Å². The lowest BCUT2D eigenvalue weighted by atomic mass is 10.2. The topological polar surface area (TPSA) is 85.7 Å². The van der Waals surface area contributed by atoms with Crippen LogP contribution in [0.25, 0.3) is 10.9 Å². The number of ether oxygens (including phenoxy) is 1. The maximum Gasteiger partial charge on any atom is 0.231 e. The third kappa shape index (κ3) is 2.03. The van der Waals surface area contributed by atoms with Crippen LogP contribution in [-0.4, -0.2) is 25.4 Å². The SMILES string of the molecule is O=c1c(OCc2nn[nH]n2)cn(F)c2ccccc12. The summed E-state index contributed by atoms with van der Waals surface area (Å²) in [5.74, 6) is 0.170. The van der Waals surface area contributed by atoms with Gasteiger partial charge in [0.2, 0.25) is 11.3 Å². The molecule has 2 aromatic heterocycles. The van der Waals surface area contributed by atoms with Gasteiger partial charge in [-0.25, -0.2) is 0 Å². The molecule has 2 heterocycles. The van der Waals surface area contributed by atoms with E-state index in [4.69, 9.17) is 4.74 Å². The summed E-state index contributed by atoms with van der Waals surface area (Å²) in [5.41, 5.74) is -0.188. The van der Waals surface area contributed by atoms with Gasteiger partial charge in [-0.05, 0) is 12.1 Å². The molecule has 8 heteroatoms. The van der Waals surface area contributed by atoms with Crippen LogP contribution in [0.4, 0.5) is 4.48 Å². The van der Waals surface area contributed by atoms with Gasteiger partial charge in [0.25, 0.3) is 0 Å². The molecule has 7 nitrogen and oxygen atoms in total. The molecule has 0 bridgehead atoms. The summed E-state index contributed by atoms with van der Waals surface area (Å²) >= 11 is 0. The van der Waals surface area contributed by atoms with Crippen LogP contribution in [0.1, 0.15) is 5.82 Å². The molecule has 0 saturated heterocycles. The predicted octanol–water partition coefficient (Wildman–Crippen LogP) is 0.826. The largest absolute Gasteiger partial charge is 0.480 e. The van der Waals surface area contributed by atoms with Gasteiger partial charge in [0.15, 0.2) is 12.4 Å². The van der Waals surface area contributed by atoms with Gasteiger partial charge in [-0.1, -0.05) is 21.8 Å². The minimum absolute atomic E-state index is 0.0654. The number of aromatic amines is 1. The first kappa shape index (κ1) is 11.3. The van der Waals surface area contributed by atoms with E-state index in [0.29, 0.717) is 4.79 Å². The van der Waals surface area contributed by atoms with Crippen LogP contribution in [0.15, 0.2) is 35.3 Å². The second-order valence-electron chi connectivity index (χ2n) is 3.77. The Hall–Kier alpha value is -2.77. The van der Waals surface area contributed by atoms with Crippen molar-refractivity contribution in [1.29, 1.82) is 0 Å². The van der Waals surface area contributed by atoms with Crippen LogP contribution in [-0.2, 0) is 6.61 Å². The van der Waals surface area contributed by atoms with Crippen LogP contribution in [0.5, 0.6) is 5.75 Å². The predicted molar refractivity (Wildman–Crippen MR) is 63.2 cm³/mol. The summed E-state index contributed by atoms with van der Waals surface area (Å²) in [5, 5.41) is 13.2. The minimum Gasteiger partial charge on any atom is -0.480 e. The van der Waals surface area contributed by atoms with Gasteiger partial charge in [0.1, 0.15) is 0 Å². The molecular weight excluding hydrogens is 253 g/mol. The average Bonchev–Trinajstić information content (AvgIpc) is 2.95. The Morgan fingerprint density at radius 3 is 3.00 bits per heavy atom. The molecule has 0 saturated carbocycles. The molecule has 3 rings (SSSR count). The lowest BCUT2D eigenvalue weighted by molar-refractivity contribution is 0.283.